The van der Waals surface area contributed by atoms with Crippen LogP contribution >= 0.6 is 0 Å². The number of benzene rings is 6. The minimum absolute atomic E-state index is 0.0790. The van der Waals surface area contributed by atoms with Crippen molar-refractivity contribution in [2.45, 2.75) is 53.9 Å². The summed E-state index contributed by atoms with van der Waals surface area (Å²) in [6.45, 7) is 15.6. The first kappa shape index (κ1) is 32.0. The molecule has 254 valence electrons. The second-order valence-corrected chi connectivity index (χ2v) is 15.6. The molecule has 0 radical (unpaired) electrons. The molecule has 0 bridgehead atoms. The molecule has 0 amide bonds. The third-order valence-electron chi connectivity index (χ3n) is 10.8. The summed E-state index contributed by atoms with van der Waals surface area (Å²) in [5.74, 6) is 0. The Morgan fingerprint density at radius 2 is 0.981 bits per heavy atom. The first-order chi connectivity index (χ1) is 25.0. The molecule has 6 aromatic carbocycles. The van der Waals surface area contributed by atoms with Crippen molar-refractivity contribution in [2.24, 2.45) is 0 Å². The van der Waals surface area contributed by atoms with Gasteiger partial charge in [0.25, 0.3) is 0 Å². The molecular weight excluding hydrogens is 631 g/mol. The smallest absolute Gasteiger partial charge is 0.148 e. The normalized spacial score (nSPS) is 12.1. The van der Waals surface area contributed by atoms with Crippen LogP contribution in [0.15, 0.2) is 133 Å². The van der Waals surface area contributed by atoms with E-state index in [1.807, 2.05) is 0 Å². The lowest BCUT2D eigenvalue weighted by Crippen LogP contribution is -2.10. The SMILES string of the molecule is Cc1ccc2c(c1)c1cc3c4cc(C)ccc4n(-c4cccc(-c5cc(C)c(-c6ccccc6)cc5C)c4)c3nc1n2-c1ccc(C(C)(C)C)cc1. The van der Waals surface area contributed by atoms with Crippen LogP contribution in [0.25, 0.3) is 77.5 Å². The van der Waals surface area contributed by atoms with Crippen molar-refractivity contribution >= 4 is 43.9 Å². The van der Waals surface area contributed by atoms with Crippen molar-refractivity contribution in [3.63, 3.8) is 0 Å². The van der Waals surface area contributed by atoms with E-state index >= 15 is 0 Å². The van der Waals surface area contributed by atoms with E-state index in [4.69, 9.17) is 4.98 Å². The average Bonchev–Trinajstić information content (AvgIpc) is 3.62. The Morgan fingerprint density at radius 1 is 0.442 bits per heavy atom. The molecule has 3 aromatic heterocycles. The van der Waals surface area contributed by atoms with Crippen molar-refractivity contribution in [3.8, 4) is 33.6 Å². The molecule has 52 heavy (non-hydrogen) atoms. The van der Waals surface area contributed by atoms with Gasteiger partial charge in [-0.25, -0.2) is 4.98 Å². The summed E-state index contributed by atoms with van der Waals surface area (Å²) in [5.41, 5.74) is 17.9. The number of nitrogens with zero attached hydrogens (tertiary/aromatic N) is 3. The van der Waals surface area contributed by atoms with Crippen LogP contribution in [0.2, 0.25) is 0 Å². The maximum atomic E-state index is 5.64. The molecule has 0 unspecified atom stereocenters. The van der Waals surface area contributed by atoms with Crippen LogP contribution in [0.1, 0.15) is 48.6 Å². The highest BCUT2D eigenvalue weighted by Crippen LogP contribution is 2.40. The standard InChI is InChI=1S/C49H43N3/c1-30-16-22-45-41(24-30)43-29-44-42-25-31(2)17-23-46(42)52(48(44)50-47(43)51(45)37-20-18-36(19-21-37)49(5,6)7)38-15-11-14-35(28-38)40-27-32(3)39(26-33(40)4)34-12-9-8-10-13-34/h8-29H,1-7H3. The Balaban J connectivity index is 1.29. The van der Waals surface area contributed by atoms with E-state index < -0.39 is 0 Å². The van der Waals surface area contributed by atoms with Gasteiger partial charge in [-0.3, -0.25) is 9.13 Å². The van der Waals surface area contributed by atoms with Gasteiger partial charge in [-0.05, 0) is 127 Å². The number of pyridine rings is 1. The van der Waals surface area contributed by atoms with Gasteiger partial charge in [0.05, 0.1) is 11.0 Å². The monoisotopic (exact) mass is 673 g/mol. The van der Waals surface area contributed by atoms with Gasteiger partial charge in [0.2, 0.25) is 0 Å². The highest BCUT2D eigenvalue weighted by Gasteiger charge is 2.21. The molecule has 0 aliphatic carbocycles. The molecule has 0 N–H and O–H groups in total. The predicted molar refractivity (Wildman–Crippen MR) is 221 cm³/mol. The van der Waals surface area contributed by atoms with E-state index in [9.17, 15) is 0 Å². The molecular formula is C49H43N3. The van der Waals surface area contributed by atoms with Gasteiger partial charge >= 0.3 is 0 Å². The number of fused-ring (bicyclic) bond motifs is 6. The zero-order valence-corrected chi connectivity index (χ0v) is 31.0. The topological polar surface area (TPSA) is 22.8 Å². The van der Waals surface area contributed by atoms with Gasteiger partial charge in [0.15, 0.2) is 0 Å². The Labute approximate surface area is 305 Å². The Bertz CT molecular complexity index is 2840. The summed E-state index contributed by atoms with van der Waals surface area (Å²) in [6.07, 6.45) is 0. The second kappa shape index (κ2) is 11.8. The van der Waals surface area contributed by atoms with Crippen LogP contribution in [0, 0.1) is 27.7 Å². The first-order valence-electron chi connectivity index (χ1n) is 18.3. The van der Waals surface area contributed by atoms with Gasteiger partial charge in [0.1, 0.15) is 11.3 Å². The second-order valence-electron chi connectivity index (χ2n) is 15.6. The lowest BCUT2D eigenvalue weighted by molar-refractivity contribution is 0.590. The van der Waals surface area contributed by atoms with E-state index in [2.05, 4.69) is 191 Å². The molecule has 0 saturated heterocycles. The number of rotatable bonds is 4. The lowest BCUT2D eigenvalue weighted by Gasteiger charge is -2.19. The van der Waals surface area contributed by atoms with Crippen molar-refractivity contribution in [3.05, 3.63) is 161 Å². The van der Waals surface area contributed by atoms with E-state index in [1.54, 1.807) is 0 Å². The maximum Gasteiger partial charge on any atom is 0.148 e. The van der Waals surface area contributed by atoms with E-state index in [0.29, 0.717) is 0 Å². The number of hydrogen-bond donors (Lipinski definition) is 0. The highest BCUT2D eigenvalue weighted by molar-refractivity contribution is 6.17. The highest BCUT2D eigenvalue weighted by atomic mass is 15.1. The maximum absolute atomic E-state index is 5.64. The molecule has 9 rings (SSSR count). The minimum Gasteiger partial charge on any atom is -0.294 e. The third kappa shape index (κ3) is 5.14. The Morgan fingerprint density at radius 3 is 1.56 bits per heavy atom. The minimum atomic E-state index is 0.0790. The molecule has 0 aliphatic rings. The van der Waals surface area contributed by atoms with Crippen molar-refractivity contribution in [1.29, 1.82) is 0 Å². The van der Waals surface area contributed by atoms with Gasteiger partial charge < -0.3 is 0 Å². The van der Waals surface area contributed by atoms with Gasteiger partial charge in [-0.15, -0.1) is 0 Å². The molecule has 0 fully saturated rings. The zero-order chi connectivity index (χ0) is 35.9. The molecule has 3 nitrogen and oxygen atoms in total. The lowest BCUT2D eigenvalue weighted by atomic mass is 9.87. The Kier molecular flexibility index (Phi) is 7.27. The first-order valence-corrected chi connectivity index (χ1v) is 18.3. The Hall–Kier alpha value is -5.93. The zero-order valence-electron chi connectivity index (χ0n) is 31.0. The summed E-state index contributed by atoms with van der Waals surface area (Å²) in [6, 6.07) is 49.3. The fourth-order valence-corrected chi connectivity index (χ4v) is 8.08. The van der Waals surface area contributed by atoms with Gasteiger partial charge in [-0.1, -0.05) is 111 Å². The number of aromatic nitrogens is 3. The summed E-state index contributed by atoms with van der Waals surface area (Å²) in [7, 11) is 0. The van der Waals surface area contributed by atoms with Gasteiger partial charge in [-0.2, -0.15) is 0 Å². The summed E-state index contributed by atoms with van der Waals surface area (Å²) in [5, 5.41) is 4.78. The largest absolute Gasteiger partial charge is 0.294 e. The van der Waals surface area contributed by atoms with E-state index in [0.717, 1.165) is 28.2 Å². The summed E-state index contributed by atoms with van der Waals surface area (Å²) >= 11 is 0. The quantitative estimate of drug-likeness (QED) is 0.182. The van der Waals surface area contributed by atoms with Crippen LogP contribution < -0.4 is 0 Å². The molecule has 0 aliphatic heterocycles. The van der Waals surface area contributed by atoms with E-state index in [-0.39, 0.29) is 5.41 Å². The summed E-state index contributed by atoms with van der Waals surface area (Å²) < 4.78 is 4.71. The molecule has 0 spiro atoms. The van der Waals surface area contributed by atoms with Gasteiger partial charge in [0, 0.05) is 32.9 Å². The average molecular weight is 674 g/mol. The van der Waals surface area contributed by atoms with E-state index in [1.165, 1.54) is 77.1 Å². The molecule has 3 heterocycles. The molecule has 0 saturated carbocycles. The third-order valence-corrected chi connectivity index (χ3v) is 10.8. The van der Waals surface area contributed by atoms with Crippen LogP contribution in [0.5, 0.6) is 0 Å². The fraction of sp³-hybridized carbons (Fsp3) is 0.163. The number of aryl methyl sites for hydroxylation is 4. The van der Waals surface area contributed by atoms with Crippen molar-refractivity contribution < 1.29 is 0 Å². The predicted octanol–water partition coefficient (Wildman–Crippen LogP) is 13.1. The fourth-order valence-electron chi connectivity index (χ4n) is 8.08. The molecule has 0 atom stereocenters. The molecule has 9 aromatic rings. The van der Waals surface area contributed by atoms with Crippen LogP contribution in [0.3, 0.4) is 0 Å². The van der Waals surface area contributed by atoms with Crippen LogP contribution in [-0.2, 0) is 5.41 Å². The van der Waals surface area contributed by atoms with Crippen molar-refractivity contribution in [1.82, 2.24) is 14.1 Å². The molecule has 3 heteroatoms. The van der Waals surface area contributed by atoms with Crippen molar-refractivity contribution in [2.75, 3.05) is 0 Å². The number of hydrogen-bond acceptors (Lipinski definition) is 1. The van der Waals surface area contributed by atoms with Crippen LogP contribution in [0.4, 0.5) is 0 Å². The summed E-state index contributed by atoms with van der Waals surface area (Å²) in [4.78, 5) is 5.64. The van der Waals surface area contributed by atoms with Crippen LogP contribution in [-0.4, -0.2) is 14.1 Å².